The maximum Gasteiger partial charge on any atom is 0.120 e. The highest BCUT2D eigenvalue weighted by atomic mass is 35.5. The summed E-state index contributed by atoms with van der Waals surface area (Å²) in [5, 5.41) is 0. The average molecular weight is 361 g/mol. The van der Waals surface area contributed by atoms with Gasteiger partial charge in [0.15, 0.2) is 0 Å². The van der Waals surface area contributed by atoms with Gasteiger partial charge in [0.2, 0.25) is 0 Å². The van der Waals surface area contributed by atoms with Crippen molar-refractivity contribution in [3.63, 3.8) is 0 Å². The van der Waals surface area contributed by atoms with E-state index in [0.717, 1.165) is 18.4 Å². The van der Waals surface area contributed by atoms with Crippen molar-refractivity contribution in [3.8, 4) is 0 Å². The first-order valence-electron chi connectivity index (χ1n) is 9.37. The van der Waals surface area contributed by atoms with Crippen molar-refractivity contribution in [2.24, 2.45) is 0 Å². The van der Waals surface area contributed by atoms with Crippen molar-refractivity contribution in [1.82, 2.24) is 0 Å². The van der Waals surface area contributed by atoms with Crippen LogP contribution < -0.4 is 0 Å². The van der Waals surface area contributed by atoms with Crippen LogP contribution in [0.15, 0.2) is 72.8 Å². The number of fused-ring (bicyclic) bond motifs is 2. The molecule has 0 amide bonds. The molecule has 0 aliphatic heterocycles. The molecule has 132 valence electrons. The molecule has 0 radical (unpaired) electrons. The first-order valence-corrected chi connectivity index (χ1v) is 9.75. The summed E-state index contributed by atoms with van der Waals surface area (Å²) in [6.45, 7) is 6.73. The molecule has 0 saturated heterocycles. The summed E-state index contributed by atoms with van der Waals surface area (Å²) in [7, 11) is 0. The Labute approximate surface area is 161 Å². The minimum atomic E-state index is -0.639. The zero-order chi connectivity index (χ0) is 18.4. The Kier molecular flexibility index (Phi) is 4.20. The second-order valence-corrected chi connectivity index (χ2v) is 8.87. The molecule has 0 bridgehead atoms. The fraction of sp³-hybridized carbons (Fsp3) is 0.280. The third-order valence-electron chi connectivity index (χ3n) is 5.59. The molecule has 0 aromatic heterocycles. The van der Waals surface area contributed by atoms with Crippen LogP contribution in [0.4, 0.5) is 0 Å². The van der Waals surface area contributed by atoms with Gasteiger partial charge in [0.05, 0.1) is 0 Å². The fourth-order valence-corrected chi connectivity index (χ4v) is 4.57. The molecule has 1 aliphatic carbocycles. The first kappa shape index (κ1) is 17.4. The highest BCUT2D eigenvalue weighted by Crippen LogP contribution is 2.48. The predicted molar refractivity (Wildman–Crippen MR) is 111 cm³/mol. The second-order valence-electron chi connectivity index (χ2n) is 8.30. The number of hydrogen-bond acceptors (Lipinski definition) is 0. The monoisotopic (exact) mass is 360 g/mol. The number of aryl methyl sites for hydroxylation is 2. The molecule has 0 N–H and O–H groups in total. The maximum atomic E-state index is 7.53. The van der Waals surface area contributed by atoms with Crippen molar-refractivity contribution >= 4 is 11.6 Å². The average Bonchev–Trinajstić information content (AvgIpc) is 2.78. The lowest BCUT2D eigenvalue weighted by molar-refractivity contribution is 0.589. The molecule has 0 saturated carbocycles. The highest BCUT2D eigenvalue weighted by Gasteiger charge is 2.39. The van der Waals surface area contributed by atoms with Gasteiger partial charge in [-0.1, -0.05) is 93.6 Å². The van der Waals surface area contributed by atoms with Crippen molar-refractivity contribution in [2.45, 2.75) is 43.9 Å². The Morgan fingerprint density at radius 3 is 1.62 bits per heavy atom. The van der Waals surface area contributed by atoms with Gasteiger partial charge in [0, 0.05) is 0 Å². The molecule has 0 atom stereocenters. The van der Waals surface area contributed by atoms with E-state index in [-0.39, 0.29) is 5.41 Å². The molecular weight excluding hydrogens is 336 g/mol. The molecule has 3 aromatic carbocycles. The Hall–Kier alpha value is -2.05. The van der Waals surface area contributed by atoms with E-state index >= 15 is 0 Å². The van der Waals surface area contributed by atoms with E-state index in [2.05, 4.69) is 93.6 Å². The number of benzene rings is 3. The maximum absolute atomic E-state index is 7.53. The van der Waals surface area contributed by atoms with Crippen LogP contribution >= 0.6 is 11.6 Å². The minimum Gasteiger partial charge on any atom is -0.104 e. The molecule has 4 rings (SSSR count). The van der Waals surface area contributed by atoms with Gasteiger partial charge in [-0.15, -0.1) is 11.6 Å². The lowest BCUT2D eigenvalue weighted by Crippen LogP contribution is -2.24. The van der Waals surface area contributed by atoms with Crippen molar-refractivity contribution in [2.75, 3.05) is 0 Å². The van der Waals surface area contributed by atoms with Crippen LogP contribution in [-0.2, 0) is 23.1 Å². The van der Waals surface area contributed by atoms with Gasteiger partial charge in [0.1, 0.15) is 4.87 Å². The Bertz CT molecular complexity index is 881. The number of rotatable bonds is 1. The SMILES string of the molecule is CC(C)(C)c1ccc(C2(Cl)c3ccccc3CCc3ccccc32)cc1. The van der Waals surface area contributed by atoms with Crippen LogP contribution in [0.25, 0.3) is 0 Å². The summed E-state index contributed by atoms with van der Waals surface area (Å²) in [5.74, 6) is 0. The zero-order valence-corrected chi connectivity index (χ0v) is 16.5. The number of halogens is 1. The van der Waals surface area contributed by atoms with E-state index in [1.807, 2.05) is 0 Å². The lowest BCUT2D eigenvalue weighted by Gasteiger charge is -2.31. The van der Waals surface area contributed by atoms with Gasteiger partial charge < -0.3 is 0 Å². The Balaban J connectivity index is 1.96. The number of hydrogen-bond donors (Lipinski definition) is 0. The van der Waals surface area contributed by atoms with Gasteiger partial charge in [-0.3, -0.25) is 0 Å². The Morgan fingerprint density at radius 2 is 1.15 bits per heavy atom. The molecule has 3 aromatic rings. The summed E-state index contributed by atoms with van der Waals surface area (Å²) in [5.41, 5.74) is 7.74. The fourth-order valence-electron chi connectivity index (χ4n) is 4.07. The van der Waals surface area contributed by atoms with E-state index in [1.54, 1.807) is 0 Å². The lowest BCUT2D eigenvalue weighted by atomic mass is 9.80. The summed E-state index contributed by atoms with van der Waals surface area (Å²) in [4.78, 5) is -0.639. The predicted octanol–water partition coefficient (Wildman–Crippen LogP) is 6.61. The van der Waals surface area contributed by atoms with Crippen molar-refractivity contribution in [3.05, 3.63) is 106 Å². The minimum absolute atomic E-state index is 0.136. The van der Waals surface area contributed by atoms with E-state index in [9.17, 15) is 0 Å². The topological polar surface area (TPSA) is 0 Å². The van der Waals surface area contributed by atoms with Crippen LogP contribution in [0.2, 0.25) is 0 Å². The van der Waals surface area contributed by atoms with Crippen molar-refractivity contribution < 1.29 is 0 Å². The zero-order valence-electron chi connectivity index (χ0n) is 15.7. The third-order valence-corrected chi connectivity index (χ3v) is 6.21. The van der Waals surface area contributed by atoms with Gasteiger partial charge in [0.25, 0.3) is 0 Å². The molecule has 0 spiro atoms. The number of alkyl halides is 1. The quantitative estimate of drug-likeness (QED) is 0.428. The summed E-state index contributed by atoms with van der Waals surface area (Å²) in [6.07, 6.45) is 2.06. The smallest absolute Gasteiger partial charge is 0.104 e. The van der Waals surface area contributed by atoms with Gasteiger partial charge in [-0.05, 0) is 51.6 Å². The Morgan fingerprint density at radius 1 is 0.692 bits per heavy atom. The molecule has 0 nitrogen and oxygen atoms in total. The molecule has 1 heteroatoms. The van der Waals surface area contributed by atoms with Crippen LogP contribution in [-0.4, -0.2) is 0 Å². The summed E-state index contributed by atoms with van der Waals surface area (Å²) < 4.78 is 0. The molecular formula is C25H25Cl. The standard InChI is InChI=1S/C25H25Cl/c1-24(2,3)20-14-16-21(17-15-20)25(26)22-10-6-4-8-18(22)12-13-19-9-5-7-11-23(19)25/h4-11,14-17H,12-13H2,1-3H3. The van der Waals surface area contributed by atoms with E-state index in [1.165, 1.54) is 27.8 Å². The first-order chi connectivity index (χ1) is 12.4. The van der Waals surface area contributed by atoms with E-state index in [0.29, 0.717) is 0 Å². The van der Waals surface area contributed by atoms with Crippen LogP contribution in [0, 0.1) is 0 Å². The van der Waals surface area contributed by atoms with Crippen molar-refractivity contribution in [1.29, 1.82) is 0 Å². The third kappa shape index (κ3) is 2.77. The van der Waals surface area contributed by atoms with E-state index < -0.39 is 4.87 Å². The highest BCUT2D eigenvalue weighted by molar-refractivity contribution is 6.28. The van der Waals surface area contributed by atoms with Gasteiger partial charge in [-0.25, -0.2) is 0 Å². The molecule has 26 heavy (non-hydrogen) atoms. The second kappa shape index (κ2) is 6.28. The van der Waals surface area contributed by atoms with Gasteiger partial charge in [-0.2, -0.15) is 0 Å². The van der Waals surface area contributed by atoms with Crippen LogP contribution in [0.1, 0.15) is 54.2 Å². The van der Waals surface area contributed by atoms with Gasteiger partial charge >= 0.3 is 0 Å². The summed E-state index contributed by atoms with van der Waals surface area (Å²) in [6, 6.07) is 26.2. The molecule has 0 heterocycles. The molecule has 1 aliphatic rings. The molecule has 0 fully saturated rings. The normalized spacial score (nSPS) is 15.7. The van der Waals surface area contributed by atoms with E-state index in [4.69, 9.17) is 11.6 Å². The largest absolute Gasteiger partial charge is 0.120 e. The van der Waals surface area contributed by atoms with Crippen LogP contribution in [0.3, 0.4) is 0 Å². The summed E-state index contributed by atoms with van der Waals surface area (Å²) >= 11 is 7.53. The molecule has 0 unspecified atom stereocenters. The van der Waals surface area contributed by atoms with Crippen LogP contribution in [0.5, 0.6) is 0 Å².